The zero-order valence-electron chi connectivity index (χ0n) is 13.8. The molecule has 0 aliphatic heterocycles. The molecular formula is C17H24N2O3. The van der Waals surface area contributed by atoms with Crippen molar-refractivity contribution in [3.05, 3.63) is 30.0 Å². The number of rotatable bonds is 8. The minimum Gasteiger partial charge on any atom is -0.497 e. The van der Waals surface area contributed by atoms with E-state index >= 15 is 0 Å². The molecule has 0 saturated heterocycles. The van der Waals surface area contributed by atoms with Crippen molar-refractivity contribution >= 4 is 16.6 Å². The summed E-state index contributed by atoms with van der Waals surface area (Å²) in [5.41, 5.74) is 3.10. The lowest BCUT2D eigenvalue weighted by molar-refractivity contribution is 0.190. The summed E-state index contributed by atoms with van der Waals surface area (Å²) in [7, 11) is 5.11. The monoisotopic (exact) mass is 304 g/mol. The van der Waals surface area contributed by atoms with Crippen molar-refractivity contribution in [3.8, 4) is 5.75 Å². The molecule has 0 bridgehead atoms. The zero-order chi connectivity index (χ0) is 15.9. The Balaban J connectivity index is 2.47. The highest BCUT2D eigenvalue weighted by molar-refractivity contribution is 5.93. The third-order valence-corrected chi connectivity index (χ3v) is 3.59. The summed E-state index contributed by atoms with van der Waals surface area (Å²) in [5, 5.41) is 1.08. The molecule has 120 valence electrons. The molecule has 0 unspecified atom stereocenters. The van der Waals surface area contributed by atoms with Crippen molar-refractivity contribution in [2.75, 3.05) is 52.5 Å². The van der Waals surface area contributed by atoms with Gasteiger partial charge in [0, 0.05) is 44.1 Å². The van der Waals surface area contributed by atoms with E-state index in [0.29, 0.717) is 13.2 Å². The van der Waals surface area contributed by atoms with E-state index in [0.717, 1.165) is 41.1 Å². The zero-order valence-corrected chi connectivity index (χ0v) is 13.8. The van der Waals surface area contributed by atoms with E-state index in [2.05, 4.69) is 16.0 Å². The molecule has 0 aliphatic rings. The highest BCUT2D eigenvalue weighted by atomic mass is 16.5. The summed E-state index contributed by atoms with van der Waals surface area (Å²) < 4.78 is 15.8. The first-order valence-electron chi connectivity index (χ1n) is 7.37. The van der Waals surface area contributed by atoms with E-state index in [1.54, 1.807) is 21.3 Å². The van der Waals surface area contributed by atoms with Gasteiger partial charge in [-0.15, -0.1) is 0 Å². The Bertz CT molecular complexity index is 608. The number of fused-ring (bicyclic) bond motifs is 1. The van der Waals surface area contributed by atoms with Gasteiger partial charge in [0.15, 0.2) is 0 Å². The van der Waals surface area contributed by atoms with Crippen LogP contribution >= 0.6 is 0 Å². The fourth-order valence-corrected chi connectivity index (χ4v) is 2.46. The smallest absolute Gasteiger partial charge is 0.119 e. The topological polar surface area (TPSA) is 43.8 Å². The lowest BCUT2D eigenvalue weighted by Crippen LogP contribution is -2.31. The molecule has 0 spiro atoms. The summed E-state index contributed by atoms with van der Waals surface area (Å²) in [4.78, 5) is 6.88. The van der Waals surface area contributed by atoms with Crippen LogP contribution in [0.25, 0.3) is 10.9 Å². The van der Waals surface area contributed by atoms with Crippen molar-refractivity contribution in [2.24, 2.45) is 0 Å². The van der Waals surface area contributed by atoms with Crippen molar-refractivity contribution in [1.82, 2.24) is 4.98 Å². The van der Waals surface area contributed by atoms with Gasteiger partial charge < -0.3 is 19.1 Å². The molecular weight excluding hydrogens is 280 g/mol. The fraction of sp³-hybridized carbons (Fsp3) is 0.471. The lowest BCUT2D eigenvalue weighted by atomic mass is 10.1. The van der Waals surface area contributed by atoms with Gasteiger partial charge in [-0.3, -0.25) is 4.98 Å². The van der Waals surface area contributed by atoms with E-state index in [4.69, 9.17) is 14.2 Å². The van der Waals surface area contributed by atoms with Crippen LogP contribution in [0.3, 0.4) is 0 Å². The maximum absolute atomic E-state index is 5.35. The van der Waals surface area contributed by atoms with Gasteiger partial charge in [0.25, 0.3) is 0 Å². The lowest BCUT2D eigenvalue weighted by Gasteiger charge is -2.26. The van der Waals surface area contributed by atoms with Crippen LogP contribution in [0.4, 0.5) is 5.69 Å². The number of aromatic nitrogens is 1. The number of hydrogen-bond acceptors (Lipinski definition) is 5. The minimum absolute atomic E-state index is 0.663. The number of benzene rings is 1. The molecule has 0 amide bonds. The summed E-state index contributed by atoms with van der Waals surface area (Å²) in [6.07, 6.45) is 0. The average molecular weight is 304 g/mol. The fourth-order valence-electron chi connectivity index (χ4n) is 2.46. The van der Waals surface area contributed by atoms with Gasteiger partial charge in [-0.1, -0.05) is 0 Å². The Morgan fingerprint density at radius 1 is 1.00 bits per heavy atom. The third kappa shape index (κ3) is 3.87. The van der Waals surface area contributed by atoms with Gasteiger partial charge >= 0.3 is 0 Å². The second-order valence-corrected chi connectivity index (χ2v) is 5.14. The first-order chi connectivity index (χ1) is 10.7. The molecule has 22 heavy (non-hydrogen) atoms. The first-order valence-corrected chi connectivity index (χ1v) is 7.37. The first kappa shape index (κ1) is 16.5. The standard InChI is InChI=1S/C17H24N2O3/c1-13-11-17(19(7-9-20-2)8-10-21-3)15-12-14(22-4)5-6-16(15)18-13/h5-6,11-12H,7-10H2,1-4H3. The number of hydrogen-bond donors (Lipinski definition) is 0. The molecule has 0 radical (unpaired) electrons. The van der Waals surface area contributed by atoms with Crippen LogP contribution in [-0.2, 0) is 9.47 Å². The normalized spacial score (nSPS) is 10.9. The number of aryl methyl sites for hydroxylation is 1. The minimum atomic E-state index is 0.663. The second kappa shape index (κ2) is 7.96. The Morgan fingerprint density at radius 3 is 2.27 bits per heavy atom. The van der Waals surface area contributed by atoms with E-state index in [-0.39, 0.29) is 0 Å². The van der Waals surface area contributed by atoms with Crippen LogP contribution < -0.4 is 9.64 Å². The van der Waals surface area contributed by atoms with Crippen LogP contribution in [0.1, 0.15) is 5.69 Å². The molecule has 1 heterocycles. The quantitative estimate of drug-likeness (QED) is 0.750. The Labute approximate surface area is 131 Å². The summed E-state index contributed by atoms with van der Waals surface area (Å²) in [6.45, 7) is 4.94. The molecule has 5 heteroatoms. The van der Waals surface area contributed by atoms with Crippen molar-refractivity contribution < 1.29 is 14.2 Å². The number of anilines is 1. The van der Waals surface area contributed by atoms with Gasteiger partial charge in [0.05, 0.1) is 25.8 Å². The van der Waals surface area contributed by atoms with Gasteiger partial charge in [0.2, 0.25) is 0 Å². The molecule has 5 nitrogen and oxygen atoms in total. The number of ether oxygens (including phenoxy) is 3. The molecule has 2 rings (SSSR count). The van der Waals surface area contributed by atoms with Crippen molar-refractivity contribution in [1.29, 1.82) is 0 Å². The Morgan fingerprint density at radius 2 is 1.68 bits per heavy atom. The second-order valence-electron chi connectivity index (χ2n) is 5.14. The van der Waals surface area contributed by atoms with Crippen LogP contribution in [-0.4, -0.2) is 52.6 Å². The number of nitrogens with zero attached hydrogens (tertiary/aromatic N) is 2. The summed E-state index contributed by atoms with van der Waals surface area (Å²) in [6, 6.07) is 8.07. The molecule has 0 atom stereocenters. The highest BCUT2D eigenvalue weighted by Crippen LogP contribution is 2.29. The molecule has 0 aliphatic carbocycles. The summed E-state index contributed by atoms with van der Waals surface area (Å²) in [5.74, 6) is 0.831. The third-order valence-electron chi connectivity index (χ3n) is 3.59. The molecule has 2 aromatic rings. The van der Waals surface area contributed by atoms with Gasteiger partial charge in [-0.2, -0.15) is 0 Å². The van der Waals surface area contributed by atoms with E-state index in [9.17, 15) is 0 Å². The number of methoxy groups -OCH3 is 3. The average Bonchev–Trinajstić information content (AvgIpc) is 2.54. The van der Waals surface area contributed by atoms with E-state index in [1.165, 1.54) is 0 Å². The molecule has 0 N–H and O–H groups in total. The van der Waals surface area contributed by atoms with Gasteiger partial charge in [-0.25, -0.2) is 0 Å². The largest absolute Gasteiger partial charge is 0.497 e. The predicted molar refractivity (Wildman–Crippen MR) is 89.0 cm³/mol. The van der Waals surface area contributed by atoms with Crippen LogP contribution in [0.15, 0.2) is 24.3 Å². The Hall–Kier alpha value is -1.85. The summed E-state index contributed by atoms with van der Waals surface area (Å²) >= 11 is 0. The SMILES string of the molecule is COCCN(CCOC)c1cc(C)nc2ccc(OC)cc12. The highest BCUT2D eigenvalue weighted by Gasteiger charge is 2.13. The molecule has 1 aromatic heterocycles. The molecule has 0 saturated carbocycles. The molecule has 1 aromatic carbocycles. The molecule has 0 fully saturated rings. The van der Waals surface area contributed by atoms with E-state index in [1.807, 2.05) is 25.1 Å². The van der Waals surface area contributed by atoms with Crippen LogP contribution in [0.5, 0.6) is 5.75 Å². The van der Waals surface area contributed by atoms with Crippen molar-refractivity contribution in [3.63, 3.8) is 0 Å². The van der Waals surface area contributed by atoms with E-state index < -0.39 is 0 Å². The Kier molecular flexibility index (Phi) is 5.98. The van der Waals surface area contributed by atoms with Crippen LogP contribution in [0, 0.1) is 6.92 Å². The predicted octanol–water partition coefficient (Wildman–Crippen LogP) is 2.65. The number of pyridine rings is 1. The van der Waals surface area contributed by atoms with Gasteiger partial charge in [0.1, 0.15) is 5.75 Å². The van der Waals surface area contributed by atoms with Gasteiger partial charge in [-0.05, 0) is 31.2 Å². The van der Waals surface area contributed by atoms with Crippen molar-refractivity contribution in [2.45, 2.75) is 6.92 Å². The maximum Gasteiger partial charge on any atom is 0.119 e. The maximum atomic E-state index is 5.35. The van der Waals surface area contributed by atoms with Crippen LogP contribution in [0.2, 0.25) is 0 Å².